The maximum absolute atomic E-state index is 14.0. The van der Waals surface area contributed by atoms with Crippen LogP contribution in [0, 0.1) is 12.7 Å². The Labute approximate surface area is 120 Å². The second-order valence-electron chi connectivity index (χ2n) is 4.91. The molecule has 0 fully saturated rings. The molecule has 3 aromatic rings. The molecule has 3 heterocycles. The fraction of sp³-hybridized carbons (Fsp3) is 0.286. The van der Waals surface area contributed by atoms with Gasteiger partial charge in [0, 0.05) is 11.8 Å². The van der Waals surface area contributed by atoms with Crippen molar-refractivity contribution in [3.63, 3.8) is 0 Å². The zero-order chi connectivity index (χ0) is 15.0. The normalized spacial score (nSPS) is 11.3. The Kier molecular flexibility index (Phi) is 3.25. The lowest BCUT2D eigenvalue weighted by Gasteiger charge is -2.10. The summed E-state index contributed by atoms with van der Waals surface area (Å²) < 4.78 is 20.9. The molecular weight excluding hydrogens is 273 g/mol. The Bertz CT molecular complexity index is 799. The largest absolute Gasteiger partial charge is 0.473 e. The maximum Gasteiger partial charge on any atom is 0.250 e. The number of pyridine rings is 1. The molecule has 21 heavy (non-hydrogen) atoms. The van der Waals surface area contributed by atoms with Gasteiger partial charge in [-0.1, -0.05) is 0 Å². The quantitative estimate of drug-likeness (QED) is 0.740. The van der Waals surface area contributed by atoms with E-state index in [0.717, 1.165) is 0 Å². The first-order valence-corrected chi connectivity index (χ1v) is 6.56. The standard InChI is InChI=1S/C14H14FN5O/c1-8(2)21-14-11(15)6-10(7-16-14)12-4-5-13-18-17-9(3)20(13)19-12/h4-8H,1-3H3. The summed E-state index contributed by atoms with van der Waals surface area (Å²) >= 11 is 0. The molecule has 0 saturated heterocycles. The molecule has 0 bridgehead atoms. The van der Waals surface area contributed by atoms with Crippen molar-refractivity contribution in [3.05, 3.63) is 36.0 Å². The summed E-state index contributed by atoms with van der Waals surface area (Å²) in [4.78, 5) is 4.01. The smallest absolute Gasteiger partial charge is 0.250 e. The van der Waals surface area contributed by atoms with Crippen LogP contribution < -0.4 is 4.74 Å². The fourth-order valence-corrected chi connectivity index (χ4v) is 1.93. The maximum atomic E-state index is 14.0. The lowest BCUT2D eigenvalue weighted by atomic mass is 10.2. The van der Waals surface area contributed by atoms with Gasteiger partial charge in [-0.3, -0.25) is 0 Å². The fourth-order valence-electron chi connectivity index (χ4n) is 1.93. The van der Waals surface area contributed by atoms with Gasteiger partial charge in [-0.05, 0) is 39.0 Å². The second kappa shape index (κ2) is 5.08. The first-order valence-electron chi connectivity index (χ1n) is 6.56. The number of halogens is 1. The molecule has 3 aromatic heterocycles. The molecule has 108 valence electrons. The lowest BCUT2D eigenvalue weighted by molar-refractivity contribution is 0.221. The molecule has 0 atom stereocenters. The Hall–Kier alpha value is -2.57. The predicted molar refractivity (Wildman–Crippen MR) is 74.5 cm³/mol. The molecule has 0 aliphatic rings. The van der Waals surface area contributed by atoms with Crippen LogP contribution in [-0.4, -0.2) is 30.9 Å². The Morgan fingerprint density at radius 1 is 1.24 bits per heavy atom. The summed E-state index contributed by atoms with van der Waals surface area (Å²) in [5, 5.41) is 12.3. The van der Waals surface area contributed by atoms with Crippen molar-refractivity contribution in [1.29, 1.82) is 0 Å². The van der Waals surface area contributed by atoms with Gasteiger partial charge < -0.3 is 4.74 Å². The number of hydrogen-bond acceptors (Lipinski definition) is 5. The molecular formula is C14H14FN5O. The molecule has 0 N–H and O–H groups in total. The first-order chi connectivity index (χ1) is 10.0. The van der Waals surface area contributed by atoms with Crippen molar-refractivity contribution >= 4 is 5.65 Å². The van der Waals surface area contributed by atoms with Gasteiger partial charge in [0.05, 0.1) is 11.8 Å². The van der Waals surface area contributed by atoms with E-state index in [4.69, 9.17) is 4.74 Å². The van der Waals surface area contributed by atoms with Crippen molar-refractivity contribution in [2.24, 2.45) is 0 Å². The minimum absolute atomic E-state index is 0.00435. The number of aromatic nitrogens is 5. The molecule has 0 aromatic carbocycles. The average Bonchev–Trinajstić information content (AvgIpc) is 2.82. The SMILES string of the molecule is Cc1nnc2ccc(-c3cnc(OC(C)C)c(F)c3)nn12. The van der Waals surface area contributed by atoms with Crippen molar-refractivity contribution in [1.82, 2.24) is 24.8 Å². The number of rotatable bonds is 3. The Morgan fingerprint density at radius 3 is 2.76 bits per heavy atom. The summed E-state index contributed by atoms with van der Waals surface area (Å²) in [5.74, 6) is 0.152. The van der Waals surface area contributed by atoms with Crippen LogP contribution in [0.1, 0.15) is 19.7 Å². The highest BCUT2D eigenvalue weighted by Crippen LogP contribution is 2.22. The van der Waals surface area contributed by atoms with Gasteiger partial charge in [-0.2, -0.15) is 9.61 Å². The van der Waals surface area contributed by atoms with E-state index in [0.29, 0.717) is 22.7 Å². The first kappa shape index (κ1) is 13.4. The van der Waals surface area contributed by atoms with E-state index in [9.17, 15) is 4.39 Å². The van der Waals surface area contributed by atoms with Crippen molar-refractivity contribution in [2.75, 3.05) is 0 Å². The number of fused-ring (bicyclic) bond motifs is 1. The van der Waals surface area contributed by atoms with Crippen LogP contribution in [0.2, 0.25) is 0 Å². The molecule has 0 aliphatic heterocycles. The van der Waals surface area contributed by atoms with Crippen LogP contribution in [0.25, 0.3) is 16.9 Å². The van der Waals surface area contributed by atoms with Crippen LogP contribution in [0.5, 0.6) is 5.88 Å². The van der Waals surface area contributed by atoms with Crippen LogP contribution in [0.15, 0.2) is 24.4 Å². The highest BCUT2D eigenvalue weighted by molar-refractivity contribution is 5.59. The van der Waals surface area contributed by atoms with Crippen molar-refractivity contribution in [3.8, 4) is 17.1 Å². The van der Waals surface area contributed by atoms with E-state index in [1.54, 1.807) is 23.6 Å². The summed E-state index contributed by atoms with van der Waals surface area (Å²) in [6.07, 6.45) is 1.40. The molecule has 0 radical (unpaired) electrons. The van der Waals surface area contributed by atoms with Crippen molar-refractivity contribution < 1.29 is 9.13 Å². The molecule has 7 heteroatoms. The lowest BCUT2D eigenvalue weighted by Crippen LogP contribution is -2.08. The van der Waals surface area contributed by atoms with E-state index < -0.39 is 5.82 Å². The summed E-state index contributed by atoms with van der Waals surface area (Å²) in [5.41, 5.74) is 1.80. The summed E-state index contributed by atoms with van der Waals surface area (Å²) in [7, 11) is 0. The summed E-state index contributed by atoms with van der Waals surface area (Å²) in [6.45, 7) is 5.44. The molecule has 0 unspecified atom stereocenters. The highest BCUT2D eigenvalue weighted by Gasteiger charge is 2.11. The van der Waals surface area contributed by atoms with E-state index in [2.05, 4.69) is 20.3 Å². The number of hydrogen-bond donors (Lipinski definition) is 0. The van der Waals surface area contributed by atoms with Gasteiger partial charge in [0.2, 0.25) is 0 Å². The minimum atomic E-state index is -0.511. The summed E-state index contributed by atoms with van der Waals surface area (Å²) in [6, 6.07) is 4.89. The van der Waals surface area contributed by atoms with E-state index in [1.807, 2.05) is 13.8 Å². The number of nitrogens with zero attached hydrogens (tertiary/aromatic N) is 5. The molecule has 0 aliphatic carbocycles. The molecule has 0 amide bonds. The van der Waals surface area contributed by atoms with Gasteiger partial charge in [-0.15, -0.1) is 10.2 Å². The molecule has 3 rings (SSSR count). The van der Waals surface area contributed by atoms with Gasteiger partial charge in [0.15, 0.2) is 17.3 Å². The number of aryl methyl sites for hydroxylation is 1. The van der Waals surface area contributed by atoms with Gasteiger partial charge in [0.25, 0.3) is 5.88 Å². The van der Waals surface area contributed by atoms with E-state index in [1.165, 1.54) is 12.3 Å². The van der Waals surface area contributed by atoms with Gasteiger partial charge in [0.1, 0.15) is 0 Å². The topological polar surface area (TPSA) is 65.2 Å². The average molecular weight is 287 g/mol. The van der Waals surface area contributed by atoms with Crippen LogP contribution in [0.4, 0.5) is 4.39 Å². The van der Waals surface area contributed by atoms with Gasteiger partial charge in [-0.25, -0.2) is 9.37 Å². The third-order valence-corrected chi connectivity index (χ3v) is 2.87. The van der Waals surface area contributed by atoms with Crippen LogP contribution >= 0.6 is 0 Å². The third kappa shape index (κ3) is 2.54. The molecule has 0 saturated carbocycles. The number of ether oxygens (including phenoxy) is 1. The molecule has 0 spiro atoms. The second-order valence-corrected chi connectivity index (χ2v) is 4.91. The third-order valence-electron chi connectivity index (χ3n) is 2.87. The molecule has 6 nitrogen and oxygen atoms in total. The van der Waals surface area contributed by atoms with Crippen molar-refractivity contribution in [2.45, 2.75) is 26.9 Å². The van der Waals surface area contributed by atoms with Crippen LogP contribution in [-0.2, 0) is 0 Å². The monoisotopic (exact) mass is 287 g/mol. The highest BCUT2D eigenvalue weighted by atomic mass is 19.1. The predicted octanol–water partition coefficient (Wildman–Crippen LogP) is 2.42. The Balaban J connectivity index is 2.02. The Morgan fingerprint density at radius 2 is 2.05 bits per heavy atom. The zero-order valence-corrected chi connectivity index (χ0v) is 11.9. The van der Waals surface area contributed by atoms with E-state index >= 15 is 0 Å². The zero-order valence-electron chi connectivity index (χ0n) is 11.9. The minimum Gasteiger partial charge on any atom is -0.473 e. The van der Waals surface area contributed by atoms with Gasteiger partial charge >= 0.3 is 0 Å². The van der Waals surface area contributed by atoms with E-state index in [-0.39, 0.29) is 12.0 Å². The van der Waals surface area contributed by atoms with Crippen LogP contribution in [0.3, 0.4) is 0 Å².